The molecule has 0 saturated carbocycles. The molecule has 0 spiro atoms. The molecule has 0 aliphatic carbocycles. The molecule has 0 rings (SSSR count). The van der Waals surface area contributed by atoms with Crippen LogP contribution in [-0.2, 0) is 53.3 Å². The molecule has 156 valence electrons. The molecule has 0 bridgehead atoms. The van der Waals surface area contributed by atoms with Crippen molar-refractivity contribution in [2.45, 2.75) is 0 Å². The molecule has 26 heavy (non-hydrogen) atoms. The van der Waals surface area contributed by atoms with Gasteiger partial charge in [0, 0.05) is 39.3 Å². The van der Waals surface area contributed by atoms with E-state index < -0.39 is 50.1 Å². The van der Waals surface area contributed by atoms with E-state index in [4.69, 9.17) is 0 Å². The Morgan fingerprint density at radius 3 is 0.808 bits per heavy atom. The zero-order chi connectivity index (χ0) is 15.7. The monoisotopic (exact) mass is 466 g/mol. The number of carboxylic acids is 4. The molecule has 14 nitrogen and oxygen atoms in total. The second-order valence-electron chi connectivity index (χ2n) is 3.91. The molecule has 0 atom stereocenters. The number of hydrogen-bond acceptors (Lipinski definition) is 10. The van der Waals surface area contributed by atoms with Crippen molar-refractivity contribution >= 4 is 23.9 Å². The first-order chi connectivity index (χ1) is 9.20. The molecule has 0 amide bonds. The summed E-state index contributed by atoms with van der Waals surface area (Å²) in [5.41, 5.74) is 0. The van der Waals surface area contributed by atoms with E-state index in [2.05, 4.69) is 0 Å². The zero-order valence-electron chi connectivity index (χ0n) is 13.8. The summed E-state index contributed by atoms with van der Waals surface area (Å²) >= 11 is 0. The van der Waals surface area contributed by atoms with Crippen molar-refractivity contribution in [1.29, 1.82) is 0 Å². The smallest absolute Gasteiger partial charge is 0.693 e. The predicted molar refractivity (Wildman–Crippen MR) is 74.7 cm³/mol. The van der Waals surface area contributed by atoms with Crippen LogP contribution in [0.3, 0.4) is 0 Å². The predicted octanol–water partition coefficient (Wildman–Crippen LogP) is -4.89. The maximum atomic E-state index is 10.4. The Balaban J connectivity index is -0.000000120. The Morgan fingerprint density at radius 1 is 0.538 bits per heavy atom. The van der Waals surface area contributed by atoms with E-state index in [0.717, 1.165) is 9.80 Å². The van der Waals surface area contributed by atoms with Crippen molar-refractivity contribution in [3.8, 4) is 0 Å². The van der Waals surface area contributed by atoms with Gasteiger partial charge in [-0.15, -0.1) is 0 Å². The second kappa shape index (κ2) is 23.7. The average molecular weight is 466 g/mol. The third-order valence-electron chi connectivity index (χ3n) is 2.14. The molecule has 2 radical (unpaired) electrons. The fraction of sp³-hybridized carbons (Fsp3) is 0.600. The topological polar surface area (TPSA) is 304 Å². The minimum atomic E-state index is -1.53. The normalized spacial score (nSPS) is 8.23. The Hall–Kier alpha value is -1.32. The van der Waals surface area contributed by atoms with Crippen molar-refractivity contribution in [2.75, 3.05) is 39.3 Å². The van der Waals surface area contributed by atoms with Crippen LogP contribution in [0.1, 0.15) is 0 Å². The molecule has 0 unspecified atom stereocenters. The van der Waals surface area contributed by atoms with Crippen LogP contribution in [-0.4, -0.2) is 72.9 Å². The van der Waals surface area contributed by atoms with Gasteiger partial charge in [0.1, 0.15) is 0 Å². The first-order valence-corrected chi connectivity index (χ1v) is 5.44. The Kier molecular flexibility index (Phi) is 40.3. The van der Waals surface area contributed by atoms with Gasteiger partial charge in [0.2, 0.25) is 0 Å². The van der Waals surface area contributed by atoms with Crippen molar-refractivity contribution in [1.82, 2.24) is 16.0 Å². The minimum Gasteiger partial charge on any atom is -0.693 e. The number of hydrogen-bond donors (Lipinski definition) is 1. The molecule has 10 N–H and O–H groups in total. The van der Waals surface area contributed by atoms with Crippen molar-refractivity contribution in [3.63, 3.8) is 0 Å². The number of carbonyl (C=O) groups is 4. The number of quaternary nitrogens is 1. The number of carbonyl (C=O) groups excluding carboxylic acids is 4. The van der Waals surface area contributed by atoms with Crippen molar-refractivity contribution in [2.24, 2.45) is 0 Å². The Morgan fingerprint density at radius 2 is 0.692 bits per heavy atom. The van der Waals surface area contributed by atoms with Crippen LogP contribution in [0, 0.1) is 0 Å². The van der Waals surface area contributed by atoms with Crippen molar-refractivity contribution in [3.05, 3.63) is 18.5 Å². The molecule has 0 saturated heterocycles. The van der Waals surface area contributed by atoms with E-state index in [1.54, 1.807) is 0 Å². The first-order valence-electron chi connectivity index (χ1n) is 5.44. The second-order valence-corrected chi connectivity index (χ2v) is 3.91. The standard InChI is InChI=1S/C10H16N2O8.2Fe.H3N.3H2N/c13-7(14)3-11(4-8(15)16)1-2-12(5-9(17)18)6-10(19)20;;;;;;/h1-6H2,(H,13,14)(H,15,16)(H,17,18)(H,19,20);;;1H3;3*1H2/q;2*+3;;3*-1/p-3. The van der Waals surface area contributed by atoms with Crippen LogP contribution in [0.2, 0.25) is 0 Å². The number of aliphatic carboxylic acids is 4. The number of nitrogens with zero attached hydrogens (tertiary/aromatic N) is 2. The van der Waals surface area contributed by atoms with Gasteiger partial charge >= 0.3 is 34.1 Å². The van der Waals surface area contributed by atoms with Gasteiger partial charge < -0.3 is 64.2 Å². The molecule has 0 fully saturated rings. The first kappa shape index (κ1) is 44.3. The molecule has 0 aromatic carbocycles. The van der Waals surface area contributed by atoms with Gasteiger partial charge in [-0.05, 0) is 0 Å². The molecule has 0 aliphatic rings. The maximum absolute atomic E-state index is 10.4. The molecular weight excluding hydrogens is 444 g/mol. The summed E-state index contributed by atoms with van der Waals surface area (Å²) < 4.78 is 0. The summed E-state index contributed by atoms with van der Waals surface area (Å²) in [6, 6.07) is 0. The third kappa shape index (κ3) is 27.5. The summed E-state index contributed by atoms with van der Waals surface area (Å²) in [6.07, 6.45) is 0. The van der Waals surface area contributed by atoms with E-state index in [-0.39, 0.29) is 71.8 Å². The molecule has 0 heterocycles. The van der Waals surface area contributed by atoms with Gasteiger partial charge in [0.25, 0.3) is 0 Å². The average Bonchev–Trinajstić information content (AvgIpc) is 2.22. The van der Waals surface area contributed by atoms with E-state index in [1.807, 2.05) is 0 Å². The summed E-state index contributed by atoms with van der Waals surface area (Å²) in [6.45, 7) is -3.25. The number of carboxylic acid groups (broad SMARTS) is 4. The molecule has 16 heteroatoms. The van der Waals surface area contributed by atoms with Gasteiger partial charge in [0.15, 0.2) is 0 Å². The van der Waals surface area contributed by atoms with Gasteiger partial charge in [0.05, 0.1) is 23.9 Å². The minimum absolute atomic E-state index is 0. The van der Waals surface area contributed by atoms with Gasteiger partial charge in [-0.3, -0.25) is 9.80 Å². The fourth-order valence-electron chi connectivity index (χ4n) is 1.44. The third-order valence-corrected chi connectivity index (χ3v) is 2.14. The largest absolute Gasteiger partial charge is 3.00 e. The van der Waals surface area contributed by atoms with Crippen LogP contribution in [0.4, 0.5) is 0 Å². The molecule has 0 aliphatic heterocycles. The van der Waals surface area contributed by atoms with Gasteiger partial charge in [-0.2, -0.15) is 0 Å². The summed E-state index contributed by atoms with van der Waals surface area (Å²) in [5, 5.41) is 41.6. The molecule has 0 aromatic heterocycles. The van der Waals surface area contributed by atoms with E-state index in [9.17, 15) is 39.6 Å². The summed E-state index contributed by atoms with van der Waals surface area (Å²) in [5.74, 6) is -6.12. The van der Waals surface area contributed by atoms with Crippen LogP contribution in [0.15, 0.2) is 0 Å². The van der Waals surface area contributed by atoms with E-state index in [1.165, 1.54) is 0 Å². The van der Waals surface area contributed by atoms with Crippen LogP contribution >= 0.6 is 0 Å². The Bertz CT molecular complexity index is 336. The molecule has 0 aromatic rings. The number of nitrogens with two attached hydrogens (primary N) is 3. The fourth-order valence-corrected chi connectivity index (χ4v) is 1.44. The SMILES string of the molecule is O=C([O-])CN(CCN(CC(=O)[O-])CC(=O)[O-])CC(=O)[O-].[Fe+3].[Fe+3].[NH2-].[NH2-].[NH2-].[NH4+]. The van der Waals surface area contributed by atoms with Crippen LogP contribution in [0.5, 0.6) is 0 Å². The maximum Gasteiger partial charge on any atom is 3.00 e. The van der Waals surface area contributed by atoms with E-state index in [0.29, 0.717) is 0 Å². The molecular formula is C10H22Fe2N6O8. The summed E-state index contributed by atoms with van der Waals surface area (Å²) in [7, 11) is 0. The Labute approximate surface area is 171 Å². The zero-order valence-corrected chi connectivity index (χ0v) is 16.1. The quantitative estimate of drug-likeness (QED) is 0.283. The van der Waals surface area contributed by atoms with Gasteiger partial charge in [-0.1, -0.05) is 0 Å². The van der Waals surface area contributed by atoms with Crippen molar-refractivity contribution < 1.29 is 73.7 Å². The van der Waals surface area contributed by atoms with Crippen LogP contribution < -0.4 is 26.6 Å². The van der Waals surface area contributed by atoms with Gasteiger partial charge in [-0.25, -0.2) is 0 Å². The van der Waals surface area contributed by atoms with E-state index >= 15 is 0 Å². The number of rotatable bonds is 11. The van der Waals surface area contributed by atoms with Crippen LogP contribution in [0.25, 0.3) is 18.5 Å². The summed E-state index contributed by atoms with van der Waals surface area (Å²) in [4.78, 5) is 43.4.